The molecule has 1 nitrogen and oxygen atoms in total. The first kappa shape index (κ1) is 11.5. The van der Waals surface area contributed by atoms with Gasteiger partial charge in [-0.15, -0.1) is 0 Å². The molecule has 3 atom stereocenters. The van der Waals surface area contributed by atoms with Gasteiger partial charge in [0.25, 0.3) is 0 Å². The quantitative estimate of drug-likeness (QED) is 0.828. The molecule has 2 rings (SSSR count). The molecule has 1 saturated carbocycles. The van der Waals surface area contributed by atoms with Gasteiger partial charge in [0, 0.05) is 6.04 Å². The highest BCUT2D eigenvalue weighted by Gasteiger charge is 2.41. The molecule has 0 saturated heterocycles. The van der Waals surface area contributed by atoms with Gasteiger partial charge in [0.05, 0.1) is 5.56 Å². The van der Waals surface area contributed by atoms with E-state index in [0.29, 0.717) is 11.8 Å². The van der Waals surface area contributed by atoms with Gasteiger partial charge in [-0.3, -0.25) is 0 Å². The Hall–Kier alpha value is -1.03. The van der Waals surface area contributed by atoms with Gasteiger partial charge < -0.3 is 5.73 Å². The first-order valence-corrected chi connectivity index (χ1v) is 5.32. The molecule has 0 bridgehead atoms. The first-order chi connectivity index (χ1) is 7.39. The molecule has 0 aromatic heterocycles. The maximum Gasteiger partial charge on any atom is 0.416 e. The fraction of sp³-hybridized carbons (Fsp3) is 0.500. The number of rotatable bonds is 2. The number of benzene rings is 1. The van der Waals surface area contributed by atoms with Gasteiger partial charge in [-0.25, -0.2) is 0 Å². The van der Waals surface area contributed by atoms with Gasteiger partial charge in [-0.2, -0.15) is 13.2 Å². The van der Waals surface area contributed by atoms with Crippen LogP contribution in [0.5, 0.6) is 0 Å². The Morgan fingerprint density at radius 1 is 1.25 bits per heavy atom. The average molecular weight is 229 g/mol. The summed E-state index contributed by atoms with van der Waals surface area (Å²) in [6, 6.07) is 5.54. The summed E-state index contributed by atoms with van der Waals surface area (Å²) in [6.45, 7) is 1.94. The number of hydrogen-bond donors (Lipinski definition) is 1. The molecule has 16 heavy (non-hydrogen) atoms. The zero-order valence-corrected chi connectivity index (χ0v) is 8.96. The van der Waals surface area contributed by atoms with Gasteiger partial charge in [-0.1, -0.05) is 12.1 Å². The predicted molar refractivity (Wildman–Crippen MR) is 55.9 cm³/mol. The summed E-state index contributed by atoms with van der Waals surface area (Å²) in [6.07, 6.45) is -3.26. The lowest BCUT2D eigenvalue weighted by Crippen LogP contribution is -2.17. The molecule has 0 radical (unpaired) electrons. The van der Waals surface area contributed by atoms with E-state index in [1.807, 2.05) is 6.92 Å². The van der Waals surface area contributed by atoms with Crippen LogP contribution in [0.3, 0.4) is 0 Å². The Kier molecular flexibility index (Phi) is 2.70. The van der Waals surface area contributed by atoms with Crippen molar-refractivity contribution in [3.8, 4) is 0 Å². The van der Waals surface area contributed by atoms with E-state index in [1.54, 1.807) is 12.1 Å². The van der Waals surface area contributed by atoms with Crippen LogP contribution in [0.4, 0.5) is 13.2 Å². The van der Waals surface area contributed by atoms with Crippen LogP contribution in [0, 0.1) is 5.92 Å². The van der Waals surface area contributed by atoms with E-state index in [2.05, 4.69) is 0 Å². The Bertz CT molecular complexity index is 367. The molecule has 1 aliphatic carbocycles. The molecule has 88 valence electrons. The molecule has 4 heteroatoms. The fourth-order valence-corrected chi connectivity index (χ4v) is 2.10. The largest absolute Gasteiger partial charge is 0.416 e. The van der Waals surface area contributed by atoms with Crippen molar-refractivity contribution in [1.82, 2.24) is 0 Å². The molecular weight excluding hydrogens is 215 g/mol. The summed E-state index contributed by atoms with van der Waals surface area (Å²) in [5.74, 6) is 0.777. The summed E-state index contributed by atoms with van der Waals surface area (Å²) in [7, 11) is 0. The van der Waals surface area contributed by atoms with E-state index in [4.69, 9.17) is 5.73 Å². The molecule has 1 aromatic carbocycles. The van der Waals surface area contributed by atoms with Crippen LogP contribution in [0.1, 0.15) is 30.4 Å². The van der Waals surface area contributed by atoms with E-state index in [-0.39, 0.29) is 6.04 Å². The number of nitrogens with two attached hydrogens (primary N) is 1. The summed E-state index contributed by atoms with van der Waals surface area (Å²) >= 11 is 0. The fourth-order valence-electron chi connectivity index (χ4n) is 2.10. The second-order valence-electron chi connectivity index (χ2n) is 4.48. The molecule has 0 heterocycles. The summed E-state index contributed by atoms with van der Waals surface area (Å²) in [5.41, 5.74) is 6.12. The Labute approximate surface area is 92.5 Å². The minimum absolute atomic E-state index is 0.118. The van der Waals surface area contributed by atoms with E-state index in [1.165, 1.54) is 0 Å². The van der Waals surface area contributed by atoms with Crippen LogP contribution in [0.2, 0.25) is 0 Å². The molecule has 1 aliphatic rings. The highest BCUT2D eigenvalue weighted by atomic mass is 19.4. The second-order valence-corrected chi connectivity index (χ2v) is 4.48. The van der Waals surface area contributed by atoms with Crippen LogP contribution < -0.4 is 5.73 Å². The van der Waals surface area contributed by atoms with Crippen LogP contribution in [-0.4, -0.2) is 6.04 Å². The standard InChI is InChI=1S/C12H14F3N/c1-7(16)10-6-11(10)8-2-4-9(5-3-8)12(13,14)15/h2-5,7,10-11H,6,16H2,1H3/t7-,10+,11+/m0/s1. The zero-order valence-electron chi connectivity index (χ0n) is 8.96. The summed E-state index contributed by atoms with van der Waals surface area (Å²) < 4.78 is 37.0. The average Bonchev–Trinajstić information content (AvgIpc) is 2.96. The maximum atomic E-state index is 12.3. The Morgan fingerprint density at radius 2 is 1.81 bits per heavy atom. The van der Waals surface area contributed by atoms with Gasteiger partial charge in [0.2, 0.25) is 0 Å². The number of alkyl halides is 3. The highest BCUT2D eigenvalue weighted by Crippen LogP contribution is 2.49. The lowest BCUT2D eigenvalue weighted by atomic mass is 10.0. The Morgan fingerprint density at radius 3 is 2.19 bits per heavy atom. The van der Waals surface area contributed by atoms with Crippen LogP contribution >= 0.6 is 0 Å². The highest BCUT2D eigenvalue weighted by molar-refractivity contribution is 5.31. The van der Waals surface area contributed by atoms with E-state index in [9.17, 15) is 13.2 Å². The van der Waals surface area contributed by atoms with Gasteiger partial charge in [0.15, 0.2) is 0 Å². The molecule has 0 amide bonds. The molecule has 0 aliphatic heterocycles. The van der Waals surface area contributed by atoms with Crippen molar-refractivity contribution in [3.63, 3.8) is 0 Å². The van der Waals surface area contributed by atoms with Gasteiger partial charge in [-0.05, 0) is 42.9 Å². The van der Waals surface area contributed by atoms with Crippen molar-refractivity contribution >= 4 is 0 Å². The zero-order chi connectivity index (χ0) is 11.9. The van der Waals surface area contributed by atoms with Crippen LogP contribution in [-0.2, 0) is 6.18 Å². The lowest BCUT2D eigenvalue weighted by molar-refractivity contribution is -0.137. The third-order valence-electron chi connectivity index (χ3n) is 3.18. The number of halogens is 3. The van der Waals surface area contributed by atoms with Crippen molar-refractivity contribution < 1.29 is 13.2 Å². The smallest absolute Gasteiger partial charge is 0.328 e. The predicted octanol–water partition coefficient (Wildman–Crippen LogP) is 3.16. The third-order valence-corrected chi connectivity index (χ3v) is 3.18. The van der Waals surface area contributed by atoms with Crippen molar-refractivity contribution in [1.29, 1.82) is 0 Å². The van der Waals surface area contributed by atoms with E-state index < -0.39 is 11.7 Å². The summed E-state index contributed by atoms with van der Waals surface area (Å²) in [5, 5.41) is 0. The van der Waals surface area contributed by atoms with Crippen molar-refractivity contribution in [2.24, 2.45) is 11.7 Å². The van der Waals surface area contributed by atoms with Crippen molar-refractivity contribution in [2.75, 3.05) is 0 Å². The van der Waals surface area contributed by atoms with E-state index in [0.717, 1.165) is 24.1 Å². The SMILES string of the molecule is C[C@H](N)[C@H]1C[C@@H]1c1ccc(C(F)(F)F)cc1. The molecular formula is C12H14F3N. The minimum Gasteiger partial charge on any atom is -0.328 e. The normalized spacial score (nSPS) is 26.6. The maximum absolute atomic E-state index is 12.3. The minimum atomic E-state index is -4.25. The summed E-state index contributed by atoms with van der Waals surface area (Å²) in [4.78, 5) is 0. The molecule has 2 N–H and O–H groups in total. The molecule has 1 fully saturated rings. The monoisotopic (exact) mass is 229 g/mol. The lowest BCUT2D eigenvalue weighted by Gasteiger charge is -2.08. The van der Waals surface area contributed by atoms with Crippen molar-refractivity contribution in [3.05, 3.63) is 35.4 Å². The van der Waals surface area contributed by atoms with E-state index >= 15 is 0 Å². The van der Waals surface area contributed by atoms with Crippen LogP contribution in [0.15, 0.2) is 24.3 Å². The van der Waals surface area contributed by atoms with Gasteiger partial charge >= 0.3 is 6.18 Å². The molecule has 0 unspecified atom stereocenters. The molecule has 1 aromatic rings. The Balaban J connectivity index is 2.10. The topological polar surface area (TPSA) is 26.0 Å². The van der Waals surface area contributed by atoms with Crippen LogP contribution in [0.25, 0.3) is 0 Å². The van der Waals surface area contributed by atoms with Crippen molar-refractivity contribution in [2.45, 2.75) is 31.5 Å². The first-order valence-electron chi connectivity index (χ1n) is 5.32. The second kappa shape index (κ2) is 3.77. The number of hydrogen-bond acceptors (Lipinski definition) is 1. The molecule has 0 spiro atoms. The van der Waals surface area contributed by atoms with Gasteiger partial charge in [0.1, 0.15) is 0 Å². The third kappa shape index (κ3) is 2.21.